The molecule has 0 radical (unpaired) electrons. The number of aromatic nitrogens is 2. The second kappa shape index (κ2) is 13.0. The highest BCUT2D eigenvalue weighted by atomic mass is 32.1. The molecule has 0 atom stereocenters. The molecule has 4 heteroatoms. The minimum atomic E-state index is -2.79. The van der Waals surface area contributed by atoms with Crippen LogP contribution in [0.15, 0.2) is 218 Å². The Morgan fingerprint density at radius 3 is 1.28 bits per heavy atom. The summed E-state index contributed by atoms with van der Waals surface area (Å²) in [4.78, 5) is 0. The number of thiophene rings is 1. The molecular weight excluding hydrogens is 737 g/mol. The Hall–Kier alpha value is -6.98. The van der Waals surface area contributed by atoms with Gasteiger partial charge in [0.1, 0.15) is 0 Å². The first kappa shape index (κ1) is 33.2. The summed E-state index contributed by atoms with van der Waals surface area (Å²) in [6, 6.07) is 81.4. The number of fused-ring (bicyclic) bond motifs is 9. The molecule has 0 unspecified atom stereocenters. The van der Waals surface area contributed by atoms with E-state index in [0.717, 1.165) is 0 Å². The summed E-state index contributed by atoms with van der Waals surface area (Å²) < 4.78 is 7.52. The molecule has 0 aliphatic rings. The fraction of sp³-hybridized carbons (Fsp3) is 0. The van der Waals surface area contributed by atoms with Gasteiger partial charge in [0.2, 0.25) is 0 Å². The second-order valence-electron chi connectivity index (χ2n) is 15.2. The van der Waals surface area contributed by atoms with Crippen LogP contribution >= 0.6 is 11.3 Å². The SMILES string of the molecule is c1ccc([Si](c2ccccc2)(c2ccccc2)c2cccc3sc4ccc(-n5c6ccccc6c6cc(-n7c8ccccc8c8ccccc87)ccc65)cc4c23)cc1. The Bertz CT molecular complexity index is 3360. The summed E-state index contributed by atoms with van der Waals surface area (Å²) in [7, 11) is -2.79. The molecule has 12 aromatic rings. The van der Waals surface area contributed by atoms with Crippen molar-refractivity contribution >= 4 is 104 Å². The van der Waals surface area contributed by atoms with Crippen LogP contribution in [0.2, 0.25) is 0 Å². The van der Waals surface area contributed by atoms with Crippen LogP contribution in [-0.2, 0) is 0 Å². The molecule has 272 valence electrons. The van der Waals surface area contributed by atoms with E-state index < -0.39 is 8.07 Å². The van der Waals surface area contributed by atoms with E-state index >= 15 is 0 Å². The summed E-state index contributed by atoms with van der Waals surface area (Å²) in [6.07, 6.45) is 0. The van der Waals surface area contributed by atoms with E-state index in [0.29, 0.717) is 0 Å². The van der Waals surface area contributed by atoms with Crippen molar-refractivity contribution in [2.45, 2.75) is 0 Å². The van der Waals surface area contributed by atoms with Crippen LogP contribution in [0.5, 0.6) is 0 Å². The van der Waals surface area contributed by atoms with Crippen molar-refractivity contribution in [1.29, 1.82) is 0 Å². The molecule has 12 rings (SSSR count). The van der Waals surface area contributed by atoms with E-state index in [-0.39, 0.29) is 0 Å². The number of benzene rings is 9. The van der Waals surface area contributed by atoms with Crippen LogP contribution < -0.4 is 20.7 Å². The third-order valence-electron chi connectivity index (χ3n) is 12.3. The van der Waals surface area contributed by atoms with Gasteiger partial charge in [-0.1, -0.05) is 158 Å². The molecule has 0 bridgehead atoms. The number of hydrogen-bond donors (Lipinski definition) is 0. The molecule has 9 aromatic carbocycles. The second-order valence-corrected chi connectivity index (χ2v) is 20.1. The lowest BCUT2D eigenvalue weighted by molar-refractivity contribution is 1.17. The van der Waals surface area contributed by atoms with E-state index in [1.165, 1.54) is 95.9 Å². The van der Waals surface area contributed by atoms with Crippen molar-refractivity contribution in [3.63, 3.8) is 0 Å². The molecule has 58 heavy (non-hydrogen) atoms. The first-order valence-corrected chi connectivity index (χ1v) is 22.8. The lowest BCUT2D eigenvalue weighted by Gasteiger charge is -2.35. The number of nitrogens with zero attached hydrogens (tertiary/aromatic N) is 2. The molecule has 0 saturated heterocycles. The minimum absolute atomic E-state index is 1.17. The first-order chi connectivity index (χ1) is 28.8. The van der Waals surface area contributed by atoms with E-state index in [2.05, 4.69) is 228 Å². The van der Waals surface area contributed by atoms with Crippen molar-refractivity contribution in [3.8, 4) is 11.4 Å². The molecule has 2 nitrogen and oxygen atoms in total. The van der Waals surface area contributed by atoms with Crippen molar-refractivity contribution in [1.82, 2.24) is 9.13 Å². The fourth-order valence-corrected chi connectivity index (χ4v) is 16.1. The Morgan fingerprint density at radius 2 is 0.741 bits per heavy atom. The average Bonchev–Trinajstić information content (AvgIpc) is 3.95. The average molecular weight is 773 g/mol. The molecule has 0 fully saturated rings. The lowest BCUT2D eigenvalue weighted by atomic mass is 10.1. The highest BCUT2D eigenvalue weighted by Gasteiger charge is 2.42. The maximum atomic E-state index is 2.47. The Kier molecular flexibility index (Phi) is 7.46. The van der Waals surface area contributed by atoms with Gasteiger partial charge in [0.25, 0.3) is 0 Å². The number of para-hydroxylation sites is 3. The summed E-state index contributed by atoms with van der Waals surface area (Å²) in [5.74, 6) is 0. The zero-order valence-electron chi connectivity index (χ0n) is 31.6. The van der Waals surface area contributed by atoms with Gasteiger partial charge in [-0.05, 0) is 81.4 Å². The zero-order valence-corrected chi connectivity index (χ0v) is 33.4. The van der Waals surface area contributed by atoms with Gasteiger partial charge in [-0.3, -0.25) is 0 Å². The molecule has 0 N–H and O–H groups in total. The maximum absolute atomic E-state index is 2.79. The minimum Gasteiger partial charge on any atom is -0.309 e. The Morgan fingerprint density at radius 1 is 0.310 bits per heavy atom. The Balaban J connectivity index is 1.13. The van der Waals surface area contributed by atoms with Crippen LogP contribution in [0, 0.1) is 0 Å². The fourth-order valence-electron chi connectivity index (χ4n) is 9.88. The van der Waals surface area contributed by atoms with Gasteiger partial charge in [-0.15, -0.1) is 11.3 Å². The number of rotatable bonds is 6. The number of hydrogen-bond acceptors (Lipinski definition) is 1. The molecule has 0 amide bonds. The van der Waals surface area contributed by atoms with Crippen molar-refractivity contribution < 1.29 is 0 Å². The van der Waals surface area contributed by atoms with Crippen molar-refractivity contribution in [2.24, 2.45) is 0 Å². The van der Waals surface area contributed by atoms with Crippen LogP contribution in [-0.4, -0.2) is 17.2 Å². The van der Waals surface area contributed by atoms with Crippen LogP contribution in [0.1, 0.15) is 0 Å². The predicted molar refractivity (Wildman–Crippen MR) is 252 cm³/mol. The standard InChI is InChI=1S/C54H36N2SSi/c1-4-17-39(18-5-1)58(40-19-6-2-7-20-40,41-21-8-3-9-22-41)53-30-16-29-52-54(53)46-36-38(32-34-51(46)57-52)56-49-28-15-12-25-44(49)45-35-37(31-33-50(45)56)55-47-26-13-10-23-42(47)43-24-11-14-27-48(43)55/h1-36H. The highest BCUT2D eigenvalue weighted by Crippen LogP contribution is 2.40. The summed E-state index contributed by atoms with van der Waals surface area (Å²) in [6.45, 7) is 0. The summed E-state index contributed by atoms with van der Waals surface area (Å²) >= 11 is 1.90. The van der Waals surface area contributed by atoms with Gasteiger partial charge in [-0.25, -0.2) is 0 Å². The van der Waals surface area contributed by atoms with Crippen molar-refractivity contribution in [2.75, 3.05) is 0 Å². The van der Waals surface area contributed by atoms with Crippen molar-refractivity contribution in [3.05, 3.63) is 218 Å². The van der Waals surface area contributed by atoms with Crippen LogP contribution in [0.25, 0.3) is 75.2 Å². The lowest BCUT2D eigenvalue weighted by Crippen LogP contribution is -2.74. The molecule has 3 heterocycles. The third kappa shape index (κ3) is 4.76. The van der Waals surface area contributed by atoms with Gasteiger partial charge in [0, 0.05) is 53.1 Å². The normalized spacial score (nSPS) is 12.1. The zero-order chi connectivity index (χ0) is 38.2. The van der Waals surface area contributed by atoms with Gasteiger partial charge < -0.3 is 9.13 Å². The molecule has 0 aliphatic carbocycles. The molecular formula is C54H36N2SSi. The van der Waals surface area contributed by atoms with Gasteiger partial charge in [-0.2, -0.15) is 0 Å². The summed E-state index contributed by atoms with van der Waals surface area (Å²) in [5.41, 5.74) is 7.19. The molecule has 0 spiro atoms. The Labute approximate surface area is 341 Å². The monoisotopic (exact) mass is 772 g/mol. The maximum Gasteiger partial charge on any atom is 0.180 e. The third-order valence-corrected chi connectivity index (χ3v) is 18.2. The predicted octanol–water partition coefficient (Wildman–Crippen LogP) is 11.6. The smallest absolute Gasteiger partial charge is 0.180 e. The van der Waals surface area contributed by atoms with E-state index in [4.69, 9.17) is 0 Å². The van der Waals surface area contributed by atoms with E-state index in [1.54, 1.807) is 0 Å². The van der Waals surface area contributed by atoms with Gasteiger partial charge in [0.15, 0.2) is 8.07 Å². The van der Waals surface area contributed by atoms with Gasteiger partial charge in [0.05, 0.1) is 22.1 Å². The van der Waals surface area contributed by atoms with E-state index in [9.17, 15) is 0 Å². The van der Waals surface area contributed by atoms with Crippen LogP contribution in [0.4, 0.5) is 0 Å². The quantitative estimate of drug-likeness (QED) is 0.118. The summed E-state index contributed by atoms with van der Waals surface area (Å²) in [5, 5.41) is 13.3. The topological polar surface area (TPSA) is 9.86 Å². The highest BCUT2D eigenvalue weighted by molar-refractivity contribution is 7.27. The van der Waals surface area contributed by atoms with E-state index in [1.807, 2.05) is 11.3 Å². The van der Waals surface area contributed by atoms with Gasteiger partial charge >= 0.3 is 0 Å². The van der Waals surface area contributed by atoms with Crippen LogP contribution in [0.3, 0.4) is 0 Å². The largest absolute Gasteiger partial charge is 0.309 e. The first-order valence-electron chi connectivity index (χ1n) is 19.9. The molecule has 0 aliphatic heterocycles. The molecule has 3 aromatic heterocycles. The molecule has 0 saturated carbocycles.